The van der Waals surface area contributed by atoms with Crippen molar-refractivity contribution in [2.75, 3.05) is 32.5 Å². The first-order valence-electron chi connectivity index (χ1n) is 8.26. The zero-order valence-corrected chi connectivity index (χ0v) is 15.4. The lowest BCUT2D eigenvalue weighted by molar-refractivity contribution is -0.0385. The summed E-state index contributed by atoms with van der Waals surface area (Å²) in [6, 6.07) is 12.9. The second-order valence-corrected chi connectivity index (χ2v) is 8.04. The Balaban J connectivity index is 1.46. The van der Waals surface area contributed by atoms with Gasteiger partial charge in [0.25, 0.3) is 0 Å². The smallest absolute Gasteiger partial charge is 0.0796 e. The molecule has 0 N–H and O–H groups in total. The van der Waals surface area contributed by atoms with Crippen molar-refractivity contribution < 1.29 is 4.74 Å². The number of ether oxygens (including phenoxy) is 1. The summed E-state index contributed by atoms with van der Waals surface area (Å²) in [5.41, 5.74) is 1.51. The molecule has 4 heteroatoms. The highest BCUT2D eigenvalue weighted by Crippen LogP contribution is 2.32. The number of hydrogen-bond donors (Lipinski definition) is 0. The fraction of sp³-hybridized carbons (Fsp3) is 0.474. The van der Waals surface area contributed by atoms with E-state index in [1.54, 1.807) is 11.3 Å². The first-order valence-corrected chi connectivity index (χ1v) is 10.2. The van der Waals surface area contributed by atoms with Gasteiger partial charge in [-0.2, -0.15) is 11.3 Å². The van der Waals surface area contributed by atoms with Crippen molar-refractivity contribution >= 4 is 23.1 Å². The van der Waals surface area contributed by atoms with Gasteiger partial charge in [0.2, 0.25) is 0 Å². The van der Waals surface area contributed by atoms with Gasteiger partial charge in [-0.1, -0.05) is 18.2 Å². The molecule has 2 heterocycles. The van der Waals surface area contributed by atoms with E-state index < -0.39 is 0 Å². The maximum atomic E-state index is 5.95. The van der Waals surface area contributed by atoms with Gasteiger partial charge in [0.05, 0.1) is 5.60 Å². The number of methoxy groups -OCH3 is 1. The van der Waals surface area contributed by atoms with Gasteiger partial charge in [-0.25, -0.2) is 0 Å². The van der Waals surface area contributed by atoms with E-state index in [-0.39, 0.29) is 5.60 Å². The van der Waals surface area contributed by atoms with E-state index in [4.69, 9.17) is 4.74 Å². The molecule has 0 atom stereocenters. The van der Waals surface area contributed by atoms with Crippen LogP contribution in [0.1, 0.15) is 18.4 Å². The van der Waals surface area contributed by atoms with E-state index in [1.165, 1.54) is 23.4 Å². The molecular formula is C19H25NOS2. The summed E-state index contributed by atoms with van der Waals surface area (Å²) in [6.45, 7) is 3.46. The summed E-state index contributed by atoms with van der Waals surface area (Å²) in [4.78, 5) is 3.92. The number of hydrogen-bond acceptors (Lipinski definition) is 4. The number of nitrogens with zero attached hydrogens (tertiary/aromatic N) is 1. The van der Waals surface area contributed by atoms with E-state index in [0.717, 1.165) is 31.7 Å². The second-order valence-electron chi connectivity index (χ2n) is 6.21. The average molecular weight is 348 g/mol. The number of rotatable bonds is 7. The van der Waals surface area contributed by atoms with Crippen LogP contribution >= 0.6 is 23.1 Å². The molecule has 1 aliphatic heterocycles. The van der Waals surface area contributed by atoms with Gasteiger partial charge in [-0.3, -0.25) is 0 Å². The van der Waals surface area contributed by atoms with Crippen LogP contribution in [0.2, 0.25) is 0 Å². The van der Waals surface area contributed by atoms with Crippen molar-refractivity contribution in [3.05, 3.63) is 52.7 Å². The summed E-state index contributed by atoms with van der Waals surface area (Å²) >= 11 is 3.71. The molecule has 124 valence electrons. The Morgan fingerprint density at radius 3 is 2.61 bits per heavy atom. The molecule has 0 radical (unpaired) electrons. The molecule has 1 fully saturated rings. The largest absolute Gasteiger partial charge is 0.377 e. The van der Waals surface area contributed by atoms with Crippen molar-refractivity contribution in [1.82, 2.24) is 4.90 Å². The van der Waals surface area contributed by atoms with E-state index in [1.807, 2.05) is 18.9 Å². The van der Waals surface area contributed by atoms with Gasteiger partial charge < -0.3 is 9.64 Å². The number of likely N-dealkylation sites (tertiary alicyclic amines) is 1. The monoisotopic (exact) mass is 347 g/mol. The Kier molecular flexibility index (Phi) is 6.17. The van der Waals surface area contributed by atoms with Crippen molar-refractivity contribution in [1.29, 1.82) is 0 Å². The highest BCUT2D eigenvalue weighted by atomic mass is 32.2. The Bertz CT molecular complexity index is 562. The van der Waals surface area contributed by atoms with Crippen molar-refractivity contribution in [2.45, 2.75) is 29.8 Å². The highest BCUT2D eigenvalue weighted by molar-refractivity contribution is 7.99. The van der Waals surface area contributed by atoms with Crippen LogP contribution in [0.3, 0.4) is 0 Å². The third-order valence-corrected chi connectivity index (χ3v) is 6.75. The van der Waals surface area contributed by atoms with Crippen molar-refractivity contribution in [3.63, 3.8) is 0 Å². The maximum Gasteiger partial charge on any atom is 0.0796 e. The number of thioether (sulfide) groups is 1. The Morgan fingerprint density at radius 1 is 1.17 bits per heavy atom. The topological polar surface area (TPSA) is 12.5 Å². The minimum Gasteiger partial charge on any atom is -0.377 e. The molecule has 0 bridgehead atoms. The van der Waals surface area contributed by atoms with E-state index in [2.05, 4.69) is 52.1 Å². The lowest BCUT2D eigenvalue weighted by Crippen LogP contribution is -2.47. The van der Waals surface area contributed by atoms with E-state index in [0.29, 0.717) is 0 Å². The standard InChI is InChI=1S/C19H25NOS2/c1-21-19(16-23-18-5-3-2-4-6-18)9-12-20(13-10-19)11-7-17-8-14-22-15-17/h2-6,8,14-15H,7,9-13,16H2,1H3. The molecule has 0 unspecified atom stereocenters. The van der Waals surface area contributed by atoms with Gasteiger partial charge in [0, 0.05) is 37.4 Å². The third-order valence-electron chi connectivity index (χ3n) is 4.74. The van der Waals surface area contributed by atoms with Crippen molar-refractivity contribution in [2.24, 2.45) is 0 Å². The molecule has 3 rings (SSSR count). The summed E-state index contributed by atoms with van der Waals surface area (Å²) in [7, 11) is 1.88. The summed E-state index contributed by atoms with van der Waals surface area (Å²) < 4.78 is 5.95. The lowest BCUT2D eigenvalue weighted by Gasteiger charge is -2.40. The summed E-state index contributed by atoms with van der Waals surface area (Å²) in [5, 5.41) is 4.43. The molecular weight excluding hydrogens is 322 g/mol. The minimum atomic E-state index is 0.0411. The molecule has 0 amide bonds. The Hall–Kier alpha value is -0.810. The average Bonchev–Trinajstić information content (AvgIpc) is 3.14. The fourth-order valence-electron chi connectivity index (χ4n) is 3.05. The van der Waals surface area contributed by atoms with Crippen LogP contribution in [0, 0.1) is 0 Å². The second kappa shape index (κ2) is 8.34. The normalized spacial score (nSPS) is 18.1. The molecule has 0 aliphatic carbocycles. The van der Waals surface area contributed by atoms with Crippen LogP contribution in [-0.2, 0) is 11.2 Å². The van der Waals surface area contributed by atoms with Gasteiger partial charge in [0.1, 0.15) is 0 Å². The summed E-state index contributed by atoms with van der Waals surface area (Å²) in [6.07, 6.45) is 3.43. The first-order chi connectivity index (χ1) is 11.3. The summed E-state index contributed by atoms with van der Waals surface area (Å²) in [5.74, 6) is 1.05. The van der Waals surface area contributed by atoms with Gasteiger partial charge in [-0.05, 0) is 53.8 Å². The van der Waals surface area contributed by atoms with E-state index in [9.17, 15) is 0 Å². The van der Waals surface area contributed by atoms with Crippen LogP contribution in [0.25, 0.3) is 0 Å². The van der Waals surface area contributed by atoms with Crippen LogP contribution in [0.15, 0.2) is 52.1 Å². The molecule has 1 aliphatic rings. The molecule has 1 aromatic carbocycles. The molecule has 0 spiro atoms. The van der Waals surface area contributed by atoms with Crippen LogP contribution in [-0.4, -0.2) is 43.0 Å². The lowest BCUT2D eigenvalue weighted by atomic mass is 9.93. The maximum absolute atomic E-state index is 5.95. The molecule has 1 aromatic heterocycles. The van der Waals surface area contributed by atoms with Gasteiger partial charge >= 0.3 is 0 Å². The number of benzene rings is 1. The van der Waals surface area contributed by atoms with E-state index >= 15 is 0 Å². The fourth-order valence-corrected chi connectivity index (χ4v) is 4.93. The molecule has 2 aromatic rings. The van der Waals surface area contributed by atoms with Gasteiger partial charge in [0.15, 0.2) is 0 Å². The van der Waals surface area contributed by atoms with Crippen LogP contribution < -0.4 is 0 Å². The zero-order chi connectivity index (χ0) is 16.0. The van der Waals surface area contributed by atoms with Crippen LogP contribution in [0.4, 0.5) is 0 Å². The highest BCUT2D eigenvalue weighted by Gasteiger charge is 2.34. The minimum absolute atomic E-state index is 0.0411. The van der Waals surface area contributed by atoms with Crippen molar-refractivity contribution in [3.8, 4) is 0 Å². The number of piperidine rings is 1. The van der Waals surface area contributed by atoms with Gasteiger partial charge in [-0.15, -0.1) is 11.8 Å². The molecule has 2 nitrogen and oxygen atoms in total. The predicted octanol–water partition coefficient (Wildman–Crippen LogP) is 4.56. The van der Waals surface area contributed by atoms with Crippen LogP contribution in [0.5, 0.6) is 0 Å². The SMILES string of the molecule is COC1(CSc2ccccc2)CCN(CCc2ccsc2)CC1. The molecule has 23 heavy (non-hydrogen) atoms. The predicted molar refractivity (Wildman–Crippen MR) is 101 cm³/mol. The quantitative estimate of drug-likeness (QED) is 0.681. The third kappa shape index (κ3) is 4.83. The molecule has 1 saturated heterocycles. The Labute approximate surface area is 147 Å². The number of thiophene rings is 1. The zero-order valence-electron chi connectivity index (χ0n) is 13.7. The first kappa shape index (κ1) is 17.0. The Morgan fingerprint density at radius 2 is 1.96 bits per heavy atom. The molecule has 0 saturated carbocycles.